The Kier molecular flexibility index (Phi) is 11.4. The smallest absolute Gasteiger partial charge is 0.456 e. The normalized spacial score (nSPS) is 21.7. The number of esters is 1. The van der Waals surface area contributed by atoms with Crippen LogP contribution in [-0.2, 0) is 41.1 Å². The van der Waals surface area contributed by atoms with E-state index in [4.69, 9.17) is 24.8 Å². The molecule has 2 aromatic rings. The molecule has 0 spiro atoms. The lowest BCUT2D eigenvalue weighted by molar-refractivity contribution is -0.114. The summed E-state index contributed by atoms with van der Waals surface area (Å²) in [7, 11) is -17.1. The van der Waals surface area contributed by atoms with Crippen molar-refractivity contribution in [2.45, 2.75) is 44.7 Å². The fraction of sp³-hybridized carbons (Fsp3) is 0.400. The number of anilines is 1. The summed E-state index contributed by atoms with van der Waals surface area (Å²) in [5, 5.41) is 5.88. The van der Waals surface area contributed by atoms with Crippen molar-refractivity contribution in [2.75, 3.05) is 11.9 Å². The molecular formula is C20H25N6O15P3. The van der Waals surface area contributed by atoms with Crippen molar-refractivity contribution >= 4 is 41.2 Å². The number of azide groups is 1. The molecule has 21 nitrogen and oxygen atoms in total. The van der Waals surface area contributed by atoms with Crippen LogP contribution in [-0.4, -0.2) is 59.8 Å². The maximum atomic E-state index is 13.2. The molecule has 0 saturated carbocycles. The molecule has 6 atom stereocenters. The topological polar surface area (TPSA) is 308 Å². The predicted molar refractivity (Wildman–Crippen MR) is 144 cm³/mol. The molecule has 5 N–H and O–H groups in total. The molecule has 44 heavy (non-hydrogen) atoms. The standard InChI is InChI=1S/C20H25N6O15P3/c1-11(24-25-21)13-5-3-4-6-14(13)19(28)39-15-9-18(26-8-7-17(22-12(2)27)23-20(26)29)38-16(15)10-37-43(33,34)41-44(35,36)40-42(30,31)32/h3-8,11,15-16,18H,9-10H2,1-2H3,(H,33,34)(H,35,36)(H2,30,31,32)(H,22,23,27,29)/t11?,15-,16-,18-/m1/s1. The average molecular weight is 682 g/mol. The van der Waals surface area contributed by atoms with Gasteiger partial charge in [-0.25, -0.2) is 23.3 Å². The Morgan fingerprint density at radius 2 is 1.86 bits per heavy atom. The molecule has 2 heterocycles. The molecule has 1 fully saturated rings. The molecule has 3 unspecified atom stereocenters. The maximum absolute atomic E-state index is 13.2. The number of nitrogens with one attached hydrogen (secondary N) is 1. The van der Waals surface area contributed by atoms with Gasteiger partial charge in [0.25, 0.3) is 0 Å². The number of carbonyl (C=O) groups is 2. The van der Waals surface area contributed by atoms with Crippen molar-refractivity contribution in [3.63, 3.8) is 0 Å². The lowest BCUT2D eigenvalue weighted by Crippen LogP contribution is -2.31. The van der Waals surface area contributed by atoms with Gasteiger partial charge in [0, 0.05) is 24.5 Å². The number of carbonyl (C=O) groups excluding carboxylic acids is 2. The van der Waals surface area contributed by atoms with Crippen LogP contribution in [0.2, 0.25) is 0 Å². The molecular weight excluding hydrogens is 657 g/mol. The molecule has 1 aliphatic rings. The molecule has 0 aliphatic carbocycles. The Hall–Kier alpha value is -3.28. The number of benzene rings is 1. The number of ether oxygens (including phenoxy) is 2. The van der Waals surface area contributed by atoms with E-state index in [2.05, 4.69) is 33.5 Å². The number of aromatic nitrogens is 2. The van der Waals surface area contributed by atoms with E-state index in [1.54, 1.807) is 6.07 Å². The van der Waals surface area contributed by atoms with Gasteiger partial charge >= 0.3 is 35.1 Å². The van der Waals surface area contributed by atoms with Crippen molar-refractivity contribution in [1.82, 2.24) is 9.55 Å². The van der Waals surface area contributed by atoms with E-state index in [0.29, 0.717) is 5.56 Å². The van der Waals surface area contributed by atoms with Gasteiger partial charge in [-0.15, -0.1) is 0 Å². The average Bonchev–Trinajstić information content (AvgIpc) is 3.27. The van der Waals surface area contributed by atoms with Crippen LogP contribution in [0, 0.1) is 0 Å². The molecule has 24 heteroatoms. The predicted octanol–water partition coefficient (Wildman–Crippen LogP) is 2.43. The second-order valence-corrected chi connectivity index (χ2v) is 13.3. The highest BCUT2D eigenvalue weighted by Crippen LogP contribution is 2.66. The highest BCUT2D eigenvalue weighted by Gasteiger charge is 2.44. The number of rotatable bonds is 13. The van der Waals surface area contributed by atoms with Crippen LogP contribution in [0.25, 0.3) is 10.4 Å². The van der Waals surface area contributed by atoms with Crippen molar-refractivity contribution in [1.29, 1.82) is 0 Å². The minimum Gasteiger partial charge on any atom is -0.456 e. The van der Waals surface area contributed by atoms with Crippen molar-refractivity contribution in [3.8, 4) is 0 Å². The number of hydrogen-bond acceptors (Lipinski definition) is 13. The number of hydrogen-bond donors (Lipinski definition) is 5. The highest BCUT2D eigenvalue weighted by molar-refractivity contribution is 7.66. The van der Waals surface area contributed by atoms with Gasteiger partial charge in [0.1, 0.15) is 24.3 Å². The van der Waals surface area contributed by atoms with E-state index in [1.165, 1.54) is 44.3 Å². The summed E-state index contributed by atoms with van der Waals surface area (Å²) in [6, 6.07) is 6.46. The van der Waals surface area contributed by atoms with Gasteiger partial charge < -0.3 is 34.4 Å². The van der Waals surface area contributed by atoms with Crippen molar-refractivity contribution in [2.24, 2.45) is 5.11 Å². The molecule has 240 valence electrons. The van der Waals surface area contributed by atoms with Gasteiger partial charge in [-0.3, -0.25) is 13.9 Å². The van der Waals surface area contributed by atoms with Crippen molar-refractivity contribution < 1.29 is 65.5 Å². The second-order valence-electron chi connectivity index (χ2n) is 8.85. The Labute approximate surface area is 246 Å². The van der Waals surface area contributed by atoms with Crippen LogP contribution in [0.5, 0.6) is 0 Å². The quantitative estimate of drug-likeness (QED) is 0.0666. The fourth-order valence-corrected chi connectivity index (χ4v) is 6.92. The number of nitrogens with zero attached hydrogens (tertiary/aromatic N) is 5. The van der Waals surface area contributed by atoms with E-state index in [-0.39, 0.29) is 17.8 Å². The third-order valence-electron chi connectivity index (χ3n) is 5.56. The Morgan fingerprint density at radius 1 is 1.18 bits per heavy atom. The third kappa shape index (κ3) is 10.1. The summed E-state index contributed by atoms with van der Waals surface area (Å²) in [4.78, 5) is 80.2. The van der Waals surface area contributed by atoms with Gasteiger partial charge in [0.05, 0.1) is 18.2 Å². The minimum absolute atomic E-state index is 0.0130. The largest absolute Gasteiger partial charge is 0.490 e. The summed E-state index contributed by atoms with van der Waals surface area (Å²) in [5.74, 6) is -1.53. The van der Waals surface area contributed by atoms with Crippen LogP contribution in [0.3, 0.4) is 0 Å². The van der Waals surface area contributed by atoms with Gasteiger partial charge in [0.2, 0.25) is 5.91 Å². The van der Waals surface area contributed by atoms with E-state index < -0.39 is 72.1 Å². The van der Waals surface area contributed by atoms with Crippen LogP contribution in [0.1, 0.15) is 48.5 Å². The number of amides is 1. The molecule has 0 bridgehead atoms. The zero-order chi connectivity index (χ0) is 32.9. The van der Waals surface area contributed by atoms with Crippen molar-refractivity contribution in [3.05, 3.63) is 68.6 Å². The number of phosphoric ester groups is 1. The molecule has 3 rings (SSSR count). The molecule has 1 aromatic carbocycles. The molecule has 1 saturated heterocycles. The van der Waals surface area contributed by atoms with E-state index in [0.717, 1.165) is 4.57 Å². The zero-order valence-corrected chi connectivity index (χ0v) is 25.2. The van der Waals surface area contributed by atoms with Crippen LogP contribution in [0.15, 0.2) is 46.4 Å². The lowest BCUT2D eigenvalue weighted by Gasteiger charge is -2.21. The van der Waals surface area contributed by atoms with Gasteiger partial charge in [-0.1, -0.05) is 30.2 Å². The maximum Gasteiger partial charge on any atom is 0.490 e. The highest BCUT2D eigenvalue weighted by atomic mass is 31.3. The first-order valence-electron chi connectivity index (χ1n) is 12.0. The molecule has 1 amide bonds. The van der Waals surface area contributed by atoms with Gasteiger partial charge in [-0.05, 0) is 23.2 Å². The minimum atomic E-state index is -5.82. The second kappa shape index (κ2) is 14.2. The summed E-state index contributed by atoms with van der Waals surface area (Å²) in [6.07, 6.45) is -3.09. The van der Waals surface area contributed by atoms with Gasteiger partial charge in [-0.2, -0.15) is 13.6 Å². The van der Waals surface area contributed by atoms with E-state index in [1.807, 2.05) is 0 Å². The van der Waals surface area contributed by atoms with Crippen LogP contribution < -0.4 is 11.0 Å². The third-order valence-corrected chi connectivity index (χ3v) is 9.36. The monoisotopic (exact) mass is 682 g/mol. The Balaban J connectivity index is 1.87. The Morgan fingerprint density at radius 3 is 2.48 bits per heavy atom. The summed E-state index contributed by atoms with van der Waals surface area (Å²) in [5.41, 5.74) is 8.16. The lowest BCUT2D eigenvalue weighted by atomic mass is 10.0. The molecule has 0 radical (unpaired) electrons. The summed E-state index contributed by atoms with van der Waals surface area (Å²) >= 11 is 0. The van der Waals surface area contributed by atoms with Crippen LogP contribution >= 0.6 is 23.5 Å². The first-order chi connectivity index (χ1) is 20.4. The van der Waals surface area contributed by atoms with E-state index >= 15 is 0 Å². The molecule has 1 aromatic heterocycles. The molecule has 1 aliphatic heterocycles. The zero-order valence-electron chi connectivity index (χ0n) is 22.5. The Bertz CT molecular complexity index is 1660. The first-order valence-corrected chi connectivity index (χ1v) is 16.6. The summed E-state index contributed by atoms with van der Waals surface area (Å²) < 4.78 is 59.1. The van der Waals surface area contributed by atoms with Gasteiger partial charge in [0.15, 0.2) is 0 Å². The number of phosphoric acid groups is 3. The first kappa shape index (κ1) is 35.2. The van der Waals surface area contributed by atoms with E-state index in [9.17, 15) is 37.9 Å². The fourth-order valence-electron chi connectivity index (χ4n) is 3.89. The summed E-state index contributed by atoms with van der Waals surface area (Å²) in [6.45, 7) is 1.72. The SMILES string of the molecule is CC(=O)Nc1ccn([C@H]2C[C@@H](OC(=O)c3ccccc3C(C)N=[N+]=[N-])[C@@H](COP(=O)(O)OP(=O)(O)OP(=O)(O)O)O2)c(=O)n1. The van der Waals surface area contributed by atoms with Crippen LogP contribution in [0.4, 0.5) is 5.82 Å².